The summed E-state index contributed by atoms with van der Waals surface area (Å²) >= 11 is 3.46. The second-order valence-corrected chi connectivity index (χ2v) is 5.32. The molecular weight excluding hydrogens is 318 g/mol. The van der Waals surface area contributed by atoms with E-state index < -0.39 is 13.9 Å². The Kier molecular flexibility index (Phi) is 6.47. The third-order valence-corrected chi connectivity index (χ3v) is 3.46. The topological polar surface area (TPSA) is 0 Å². The first-order chi connectivity index (χ1) is 10.1. The summed E-state index contributed by atoms with van der Waals surface area (Å²) in [5.41, 5.74) is 5.16. The van der Waals surface area contributed by atoms with Gasteiger partial charge in [0.1, 0.15) is 6.67 Å². The molecule has 0 nitrogen and oxygen atoms in total. The van der Waals surface area contributed by atoms with Crippen LogP contribution in [0.2, 0.25) is 0 Å². The van der Waals surface area contributed by atoms with Gasteiger partial charge in [0, 0.05) is 5.56 Å². The van der Waals surface area contributed by atoms with E-state index in [0.717, 1.165) is 21.6 Å². The van der Waals surface area contributed by atoms with Crippen LogP contribution < -0.4 is 0 Å². The summed E-state index contributed by atoms with van der Waals surface area (Å²) in [6.07, 6.45) is 0. The molecule has 0 atom stereocenters. The van der Waals surface area contributed by atoms with Crippen LogP contribution in [0, 0.1) is 13.8 Å². The van der Waals surface area contributed by atoms with Gasteiger partial charge < -0.3 is 17.3 Å². The maximum Gasteiger partial charge on any atom is 0.673 e. The van der Waals surface area contributed by atoms with Gasteiger partial charge in [-0.05, 0) is 49.2 Å². The first-order valence-corrected chi connectivity index (χ1v) is 6.98. The Hall–Kier alpha value is -1.50. The molecule has 7 heteroatoms. The lowest BCUT2D eigenvalue weighted by Gasteiger charge is -2.10. The van der Waals surface area contributed by atoms with Crippen LogP contribution in [0.5, 0.6) is 0 Å². The fourth-order valence-corrected chi connectivity index (χ4v) is 2.31. The SMILES string of the molecule is Cc1ccc(C)c(-c2cccc([SH2+])c2CF)c1.F[B-](F)(F)F. The molecule has 0 fully saturated rings. The molecule has 0 N–H and O–H groups in total. The molecular formula is C15H16BF5S. The van der Waals surface area contributed by atoms with Crippen LogP contribution in [0.3, 0.4) is 0 Å². The predicted molar refractivity (Wildman–Crippen MR) is 84.8 cm³/mol. The summed E-state index contributed by atoms with van der Waals surface area (Å²) in [5, 5.41) is 0. The predicted octanol–water partition coefficient (Wildman–Crippen LogP) is 5.11. The molecule has 0 saturated carbocycles. The Bertz CT molecular complexity index is 634. The molecule has 0 bridgehead atoms. The molecule has 120 valence electrons. The van der Waals surface area contributed by atoms with Crippen molar-refractivity contribution in [1.82, 2.24) is 0 Å². The third-order valence-electron chi connectivity index (χ3n) is 2.99. The Morgan fingerprint density at radius 3 is 2.09 bits per heavy atom. The smallest absolute Gasteiger partial charge is 0.418 e. The van der Waals surface area contributed by atoms with Crippen molar-refractivity contribution in [2.45, 2.75) is 25.4 Å². The number of hydrogen-bond donors (Lipinski definition) is 0. The quantitative estimate of drug-likeness (QED) is 0.407. The molecule has 2 aromatic carbocycles. The van der Waals surface area contributed by atoms with Crippen LogP contribution in [-0.2, 0) is 19.3 Å². The molecule has 0 spiro atoms. The van der Waals surface area contributed by atoms with Crippen molar-refractivity contribution in [3.05, 3.63) is 53.1 Å². The molecule has 0 saturated heterocycles. The molecule has 2 aromatic rings. The maximum atomic E-state index is 13.1. The molecule has 0 aliphatic heterocycles. The van der Waals surface area contributed by atoms with Crippen LogP contribution in [0.1, 0.15) is 16.7 Å². The minimum atomic E-state index is -6.00. The average Bonchev–Trinajstić information content (AvgIpc) is 2.39. The van der Waals surface area contributed by atoms with Gasteiger partial charge in [0.25, 0.3) is 0 Å². The standard InChI is InChI=1S/C15H15FS.BF4/c1-10-6-7-11(2)13(8-10)12-4-3-5-15(17)14(12)9-16;2-1(3,4)5/h3-8,17H,9H2,1-2H3;/q;-1/p+1. The molecule has 0 aliphatic rings. The Morgan fingerprint density at radius 2 is 1.55 bits per heavy atom. The van der Waals surface area contributed by atoms with Crippen molar-refractivity contribution >= 4 is 19.9 Å². The van der Waals surface area contributed by atoms with Crippen LogP contribution in [0.4, 0.5) is 21.7 Å². The number of hydrogen-bond acceptors (Lipinski definition) is 0. The number of rotatable bonds is 2. The Balaban J connectivity index is 0.000000422. The van der Waals surface area contributed by atoms with E-state index >= 15 is 0 Å². The highest BCUT2D eigenvalue weighted by Gasteiger charge is 2.20. The maximum absolute atomic E-state index is 13.1. The normalized spacial score (nSPS) is 10.9. The molecule has 0 amide bonds. The summed E-state index contributed by atoms with van der Waals surface area (Å²) in [6.45, 7) is 3.65. The Morgan fingerprint density at radius 1 is 0.955 bits per heavy atom. The van der Waals surface area contributed by atoms with Crippen molar-refractivity contribution in [2.24, 2.45) is 0 Å². The van der Waals surface area contributed by atoms with Crippen molar-refractivity contribution in [1.29, 1.82) is 0 Å². The van der Waals surface area contributed by atoms with Crippen LogP contribution >= 0.6 is 0 Å². The Labute approximate surface area is 131 Å². The first-order valence-electron chi connectivity index (χ1n) is 6.48. The number of alkyl halides is 1. The van der Waals surface area contributed by atoms with E-state index in [1.807, 2.05) is 18.2 Å². The zero-order valence-electron chi connectivity index (χ0n) is 12.1. The average molecular weight is 334 g/mol. The van der Waals surface area contributed by atoms with Gasteiger partial charge in [-0.1, -0.05) is 35.9 Å². The minimum absolute atomic E-state index is 0.456. The number of halogens is 5. The number of benzene rings is 2. The summed E-state index contributed by atoms with van der Waals surface area (Å²) in [6, 6.07) is 12.0. The van der Waals surface area contributed by atoms with Crippen molar-refractivity contribution in [3.8, 4) is 11.1 Å². The van der Waals surface area contributed by atoms with Gasteiger partial charge in [-0.3, -0.25) is 0 Å². The van der Waals surface area contributed by atoms with Crippen molar-refractivity contribution < 1.29 is 21.7 Å². The second kappa shape index (κ2) is 7.67. The summed E-state index contributed by atoms with van der Waals surface area (Å²) < 4.78 is 52.1. The van der Waals surface area contributed by atoms with E-state index in [0.29, 0.717) is 0 Å². The fraction of sp³-hybridized carbons (Fsp3) is 0.200. The van der Waals surface area contributed by atoms with Crippen molar-refractivity contribution in [3.63, 3.8) is 0 Å². The van der Waals surface area contributed by atoms with Crippen LogP contribution in [0.15, 0.2) is 41.3 Å². The summed E-state index contributed by atoms with van der Waals surface area (Å²) in [4.78, 5) is 0.825. The monoisotopic (exact) mass is 334 g/mol. The lowest BCUT2D eigenvalue weighted by atomic mass is 9.95. The summed E-state index contributed by atoms with van der Waals surface area (Å²) in [7, 11) is -6.00. The molecule has 0 aliphatic carbocycles. The highest BCUT2D eigenvalue weighted by molar-refractivity contribution is 7.58. The van der Waals surface area contributed by atoms with E-state index in [9.17, 15) is 21.7 Å². The molecule has 0 aromatic heterocycles. The largest absolute Gasteiger partial charge is 0.673 e. The third kappa shape index (κ3) is 5.71. The van der Waals surface area contributed by atoms with E-state index in [2.05, 4.69) is 44.7 Å². The summed E-state index contributed by atoms with van der Waals surface area (Å²) in [5.74, 6) is 0. The molecule has 22 heavy (non-hydrogen) atoms. The molecule has 0 radical (unpaired) electrons. The van der Waals surface area contributed by atoms with E-state index in [1.165, 1.54) is 11.1 Å². The van der Waals surface area contributed by atoms with Crippen molar-refractivity contribution in [2.75, 3.05) is 0 Å². The molecule has 0 unspecified atom stereocenters. The second-order valence-electron chi connectivity index (χ2n) is 4.78. The van der Waals surface area contributed by atoms with Gasteiger partial charge in [0.15, 0.2) is 4.90 Å². The first kappa shape index (κ1) is 18.6. The van der Waals surface area contributed by atoms with Gasteiger partial charge >= 0.3 is 7.25 Å². The highest BCUT2D eigenvalue weighted by atomic mass is 32.1. The zero-order valence-corrected chi connectivity index (χ0v) is 13.1. The molecule has 0 heterocycles. The minimum Gasteiger partial charge on any atom is -0.418 e. The van der Waals surface area contributed by atoms with E-state index in [1.54, 1.807) is 0 Å². The van der Waals surface area contributed by atoms with Gasteiger partial charge in [0.05, 0.1) is 0 Å². The van der Waals surface area contributed by atoms with E-state index in [4.69, 9.17) is 0 Å². The lowest BCUT2D eigenvalue weighted by molar-refractivity contribution is 0.368. The zero-order chi connectivity index (χ0) is 16.9. The van der Waals surface area contributed by atoms with Gasteiger partial charge in [0.2, 0.25) is 0 Å². The van der Waals surface area contributed by atoms with Crippen LogP contribution in [-0.4, -0.2) is 7.25 Å². The molecule has 2 rings (SSSR count). The van der Waals surface area contributed by atoms with Crippen LogP contribution in [0.25, 0.3) is 11.1 Å². The number of aryl methyl sites for hydroxylation is 2. The fourth-order valence-electron chi connectivity index (χ4n) is 2.01. The van der Waals surface area contributed by atoms with E-state index in [-0.39, 0.29) is 0 Å². The van der Waals surface area contributed by atoms with Gasteiger partial charge in [-0.25, -0.2) is 4.39 Å². The van der Waals surface area contributed by atoms with Gasteiger partial charge in [-0.15, -0.1) is 0 Å². The highest BCUT2D eigenvalue weighted by Crippen LogP contribution is 2.30. The van der Waals surface area contributed by atoms with Gasteiger partial charge in [-0.2, -0.15) is 0 Å². The lowest BCUT2D eigenvalue weighted by Crippen LogP contribution is -2.02.